The van der Waals surface area contributed by atoms with Crippen molar-refractivity contribution in [3.05, 3.63) is 41.6 Å². The van der Waals surface area contributed by atoms with Crippen molar-refractivity contribution < 1.29 is 9.21 Å². The van der Waals surface area contributed by atoms with Crippen LogP contribution in [0.25, 0.3) is 0 Å². The molecule has 0 unspecified atom stereocenters. The van der Waals surface area contributed by atoms with E-state index in [-0.39, 0.29) is 17.9 Å². The molecule has 5 nitrogen and oxygen atoms in total. The van der Waals surface area contributed by atoms with E-state index in [1.54, 1.807) is 6.26 Å². The van der Waals surface area contributed by atoms with Gasteiger partial charge in [0.1, 0.15) is 11.8 Å². The lowest BCUT2D eigenvalue weighted by Gasteiger charge is -2.18. The van der Waals surface area contributed by atoms with Crippen LogP contribution in [-0.4, -0.2) is 22.2 Å². The summed E-state index contributed by atoms with van der Waals surface area (Å²) in [6.07, 6.45) is 3.67. The molecule has 0 bridgehead atoms. The van der Waals surface area contributed by atoms with Crippen LogP contribution in [0.15, 0.2) is 28.9 Å². The molecule has 3 rings (SSSR count). The van der Waals surface area contributed by atoms with Crippen LogP contribution < -0.4 is 5.32 Å². The van der Waals surface area contributed by atoms with E-state index in [2.05, 4.69) is 10.4 Å². The molecule has 2 heterocycles. The Morgan fingerprint density at radius 1 is 1.55 bits per heavy atom. The Morgan fingerprint density at radius 2 is 2.35 bits per heavy atom. The first kappa shape index (κ1) is 13.0. The van der Waals surface area contributed by atoms with Crippen molar-refractivity contribution in [2.75, 3.05) is 6.54 Å². The third-order valence-corrected chi connectivity index (χ3v) is 3.63. The molecule has 1 aliphatic carbocycles. The minimum absolute atomic E-state index is 0.0959. The van der Waals surface area contributed by atoms with E-state index in [1.807, 2.05) is 36.7 Å². The molecule has 1 fully saturated rings. The van der Waals surface area contributed by atoms with Crippen LogP contribution in [0.1, 0.15) is 36.0 Å². The Bertz CT molecular complexity index is 597. The van der Waals surface area contributed by atoms with Crippen LogP contribution >= 0.6 is 0 Å². The molecule has 1 atom stereocenters. The number of nitrogens with one attached hydrogen (secondary N) is 1. The molecule has 1 saturated carbocycles. The quantitative estimate of drug-likeness (QED) is 0.908. The maximum Gasteiger partial charge on any atom is 0.223 e. The highest BCUT2D eigenvalue weighted by atomic mass is 16.3. The van der Waals surface area contributed by atoms with Crippen molar-refractivity contribution in [3.8, 4) is 0 Å². The minimum Gasteiger partial charge on any atom is -0.467 e. The van der Waals surface area contributed by atoms with Crippen molar-refractivity contribution in [2.45, 2.75) is 32.7 Å². The maximum atomic E-state index is 11.8. The van der Waals surface area contributed by atoms with Crippen molar-refractivity contribution in [3.63, 3.8) is 0 Å². The fourth-order valence-electron chi connectivity index (χ4n) is 2.44. The first-order valence-electron chi connectivity index (χ1n) is 6.99. The zero-order valence-corrected chi connectivity index (χ0v) is 11.8. The number of aryl methyl sites for hydroxylation is 2. The van der Waals surface area contributed by atoms with Gasteiger partial charge < -0.3 is 9.73 Å². The summed E-state index contributed by atoms with van der Waals surface area (Å²) in [7, 11) is 0. The SMILES string of the molecule is Cc1cc(C)n([C@@H](CNC(=O)C2CC2)c2ccco2)n1. The summed E-state index contributed by atoms with van der Waals surface area (Å²) in [5.41, 5.74) is 2.03. The average Bonchev–Trinajstić information content (AvgIpc) is 3.03. The zero-order valence-electron chi connectivity index (χ0n) is 11.8. The lowest BCUT2D eigenvalue weighted by atomic mass is 10.2. The van der Waals surface area contributed by atoms with E-state index in [0.29, 0.717) is 6.54 Å². The number of carbonyl (C=O) groups excluding carboxylic acids is 1. The molecule has 0 saturated heterocycles. The van der Waals surface area contributed by atoms with Gasteiger partial charge in [0, 0.05) is 18.2 Å². The summed E-state index contributed by atoms with van der Waals surface area (Å²) in [6.45, 7) is 4.48. The molecule has 1 amide bonds. The number of rotatable bonds is 5. The predicted octanol–water partition coefficient (Wildman–Crippen LogP) is 2.21. The standard InChI is InChI=1S/C15H19N3O2/c1-10-8-11(2)18(17-10)13(14-4-3-7-20-14)9-16-15(19)12-5-6-12/h3-4,7-8,12-13H,5-6,9H2,1-2H3,(H,16,19)/t13-/m0/s1. The summed E-state index contributed by atoms with van der Waals surface area (Å²) in [6, 6.07) is 5.71. The van der Waals surface area contributed by atoms with Crippen molar-refractivity contribution in [1.82, 2.24) is 15.1 Å². The predicted molar refractivity (Wildman–Crippen MR) is 74.3 cm³/mol. The average molecular weight is 273 g/mol. The van der Waals surface area contributed by atoms with Crippen LogP contribution in [-0.2, 0) is 4.79 Å². The van der Waals surface area contributed by atoms with Gasteiger partial charge in [-0.2, -0.15) is 5.10 Å². The van der Waals surface area contributed by atoms with E-state index in [9.17, 15) is 4.79 Å². The van der Waals surface area contributed by atoms with Gasteiger partial charge >= 0.3 is 0 Å². The van der Waals surface area contributed by atoms with Gasteiger partial charge in [-0.05, 0) is 44.9 Å². The third kappa shape index (κ3) is 2.61. The van der Waals surface area contributed by atoms with Gasteiger partial charge in [-0.1, -0.05) is 0 Å². The van der Waals surface area contributed by atoms with Crippen LogP contribution in [0.5, 0.6) is 0 Å². The Labute approximate surface area is 118 Å². The zero-order chi connectivity index (χ0) is 14.1. The van der Waals surface area contributed by atoms with Crippen LogP contribution in [0.3, 0.4) is 0 Å². The van der Waals surface area contributed by atoms with Gasteiger partial charge in [-0.15, -0.1) is 0 Å². The highest BCUT2D eigenvalue weighted by molar-refractivity contribution is 5.80. The number of amides is 1. The fraction of sp³-hybridized carbons (Fsp3) is 0.467. The normalized spacial score (nSPS) is 16.1. The van der Waals surface area contributed by atoms with Gasteiger partial charge in [0.15, 0.2) is 0 Å². The minimum atomic E-state index is -0.0959. The van der Waals surface area contributed by atoms with Crippen molar-refractivity contribution >= 4 is 5.91 Å². The van der Waals surface area contributed by atoms with E-state index in [0.717, 1.165) is 30.0 Å². The summed E-state index contributed by atoms with van der Waals surface area (Å²) in [4.78, 5) is 11.8. The monoisotopic (exact) mass is 273 g/mol. The number of furan rings is 1. The number of aromatic nitrogens is 2. The fourth-order valence-corrected chi connectivity index (χ4v) is 2.44. The molecule has 5 heteroatoms. The van der Waals surface area contributed by atoms with Gasteiger partial charge in [0.05, 0.1) is 12.0 Å². The highest BCUT2D eigenvalue weighted by Crippen LogP contribution is 2.29. The number of nitrogens with zero attached hydrogens (tertiary/aromatic N) is 2. The Balaban J connectivity index is 1.80. The molecule has 106 valence electrons. The summed E-state index contributed by atoms with van der Waals surface area (Å²) in [5, 5.41) is 7.52. The Morgan fingerprint density at radius 3 is 2.90 bits per heavy atom. The molecule has 20 heavy (non-hydrogen) atoms. The molecule has 1 aliphatic rings. The number of hydrogen-bond donors (Lipinski definition) is 1. The lowest BCUT2D eigenvalue weighted by Crippen LogP contribution is -2.32. The molecule has 0 spiro atoms. The second kappa shape index (κ2) is 5.15. The smallest absolute Gasteiger partial charge is 0.223 e. The highest BCUT2D eigenvalue weighted by Gasteiger charge is 2.30. The van der Waals surface area contributed by atoms with Gasteiger partial charge in [0.25, 0.3) is 0 Å². The Kier molecular flexibility index (Phi) is 3.34. The molecule has 2 aromatic rings. The number of carbonyl (C=O) groups is 1. The first-order valence-corrected chi connectivity index (χ1v) is 6.99. The van der Waals surface area contributed by atoms with E-state index < -0.39 is 0 Å². The van der Waals surface area contributed by atoms with Crippen molar-refractivity contribution in [1.29, 1.82) is 0 Å². The van der Waals surface area contributed by atoms with Crippen LogP contribution in [0.4, 0.5) is 0 Å². The van der Waals surface area contributed by atoms with Crippen LogP contribution in [0.2, 0.25) is 0 Å². The second-order valence-corrected chi connectivity index (χ2v) is 5.42. The molecule has 1 N–H and O–H groups in total. The molecule has 0 radical (unpaired) electrons. The number of hydrogen-bond acceptors (Lipinski definition) is 3. The van der Waals surface area contributed by atoms with E-state index in [4.69, 9.17) is 4.42 Å². The van der Waals surface area contributed by atoms with Crippen LogP contribution in [0, 0.1) is 19.8 Å². The molecule has 2 aromatic heterocycles. The Hall–Kier alpha value is -2.04. The largest absolute Gasteiger partial charge is 0.467 e. The van der Waals surface area contributed by atoms with E-state index >= 15 is 0 Å². The summed E-state index contributed by atoms with van der Waals surface area (Å²) >= 11 is 0. The topological polar surface area (TPSA) is 60.1 Å². The molecule has 0 aliphatic heterocycles. The van der Waals surface area contributed by atoms with Crippen molar-refractivity contribution in [2.24, 2.45) is 5.92 Å². The summed E-state index contributed by atoms with van der Waals surface area (Å²) in [5.74, 6) is 1.17. The summed E-state index contributed by atoms with van der Waals surface area (Å²) < 4.78 is 7.43. The van der Waals surface area contributed by atoms with E-state index in [1.165, 1.54) is 0 Å². The van der Waals surface area contributed by atoms with Gasteiger partial charge in [-0.3, -0.25) is 9.48 Å². The molecule has 0 aromatic carbocycles. The molecular formula is C15H19N3O2. The van der Waals surface area contributed by atoms with Gasteiger partial charge in [-0.25, -0.2) is 0 Å². The second-order valence-electron chi connectivity index (χ2n) is 5.42. The molecular weight excluding hydrogens is 254 g/mol. The third-order valence-electron chi connectivity index (χ3n) is 3.63. The maximum absolute atomic E-state index is 11.8. The lowest BCUT2D eigenvalue weighted by molar-refractivity contribution is -0.122. The first-order chi connectivity index (χ1) is 9.65. The van der Waals surface area contributed by atoms with Gasteiger partial charge in [0.2, 0.25) is 5.91 Å².